The van der Waals surface area contributed by atoms with Crippen LogP contribution in [0.1, 0.15) is 27.3 Å². The first-order valence-electron chi connectivity index (χ1n) is 5.32. The van der Waals surface area contributed by atoms with Crippen LogP contribution in [0.4, 0.5) is 0 Å². The highest BCUT2D eigenvalue weighted by molar-refractivity contribution is 9.10. The van der Waals surface area contributed by atoms with Crippen molar-refractivity contribution in [3.63, 3.8) is 0 Å². The maximum Gasteiger partial charge on any atom is 0.150 e. The van der Waals surface area contributed by atoms with Crippen LogP contribution in [0.25, 0.3) is 5.69 Å². The molecule has 0 aliphatic rings. The summed E-state index contributed by atoms with van der Waals surface area (Å²) in [5.74, 6) is 0. The van der Waals surface area contributed by atoms with Crippen molar-refractivity contribution in [3.8, 4) is 5.69 Å². The molecule has 3 nitrogen and oxygen atoms in total. The third-order valence-electron chi connectivity index (χ3n) is 2.79. The molecule has 1 aromatic carbocycles. The van der Waals surface area contributed by atoms with Gasteiger partial charge in [-0.05, 0) is 60.5 Å². The van der Waals surface area contributed by atoms with Crippen LogP contribution in [0.5, 0.6) is 0 Å². The Bertz CT molecular complexity index is 587. The first-order chi connectivity index (χ1) is 8.04. The van der Waals surface area contributed by atoms with Crippen LogP contribution >= 0.6 is 15.9 Å². The third-order valence-corrected chi connectivity index (χ3v) is 3.94. The van der Waals surface area contributed by atoms with Gasteiger partial charge in [0.25, 0.3) is 0 Å². The second-order valence-corrected chi connectivity index (χ2v) is 4.85. The minimum atomic E-state index is 0.687. The summed E-state index contributed by atoms with van der Waals surface area (Å²) in [6.45, 7) is 5.95. The fourth-order valence-corrected chi connectivity index (χ4v) is 2.10. The number of carbonyl (C=O) groups excluding carboxylic acids is 1. The minimum absolute atomic E-state index is 0.687. The topological polar surface area (TPSA) is 34.9 Å². The van der Waals surface area contributed by atoms with Crippen molar-refractivity contribution in [3.05, 3.63) is 45.2 Å². The largest absolute Gasteiger partial charge is 0.298 e. The van der Waals surface area contributed by atoms with E-state index < -0.39 is 0 Å². The van der Waals surface area contributed by atoms with Crippen molar-refractivity contribution in [2.24, 2.45) is 0 Å². The molecule has 0 radical (unpaired) electrons. The van der Waals surface area contributed by atoms with Gasteiger partial charge in [-0.25, -0.2) is 4.68 Å². The van der Waals surface area contributed by atoms with Crippen molar-refractivity contribution in [2.45, 2.75) is 20.8 Å². The average Bonchev–Trinajstić information content (AvgIpc) is 2.57. The Morgan fingerprint density at radius 1 is 1.29 bits per heavy atom. The van der Waals surface area contributed by atoms with Crippen molar-refractivity contribution < 1.29 is 4.79 Å². The number of halogens is 1. The number of carbonyl (C=O) groups is 1. The molecule has 0 aliphatic carbocycles. The third kappa shape index (κ3) is 2.05. The Kier molecular flexibility index (Phi) is 3.15. The lowest BCUT2D eigenvalue weighted by atomic mass is 10.1. The molecule has 0 amide bonds. The summed E-state index contributed by atoms with van der Waals surface area (Å²) in [6, 6.07) is 5.59. The van der Waals surface area contributed by atoms with Crippen LogP contribution in [-0.4, -0.2) is 16.1 Å². The zero-order chi connectivity index (χ0) is 12.6. The molecule has 0 unspecified atom stereocenters. The first-order valence-corrected chi connectivity index (χ1v) is 6.12. The molecule has 0 atom stereocenters. The van der Waals surface area contributed by atoms with Gasteiger partial charge in [-0.3, -0.25) is 4.79 Å². The molecular weight excluding hydrogens is 280 g/mol. The van der Waals surface area contributed by atoms with Crippen LogP contribution in [0.2, 0.25) is 0 Å². The molecule has 2 aromatic rings. The molecule has 0 fully saturated rings. The summed E-state index contributed by atoms with van der Waals surface area (Å²) in [5.41, 5.74) is 4.74. The summed E-state index contributed by atoms with van der Waals surface area (Å²) >= 11 is 3.51. The lowest BCUT2D eigenvalue weighted by Crippen LogP contribution is -2.02. The molecule has 0 saturated heterocycles. The van der Waals surface area contributed by atoms with Gasteiger partial charge in [0.1, 0.15) is 6.29 Å². The lowest BCUT2D eigenvalue weighted by molar-refractivity contribution is 0.112. The van der Waals surface area contributed by atoms with Crippen LogP contribution in [0.15, 0.2) is 22.7 Å². The summed E-state index contributed by atoms with van der Waals surface area (Å²) in [7, 11) is 0. The van der Waals surface area contributed by atoms with E-state index in [1.54, 1.807) is 6.07 Å². The zero-order valence-corrected chi connectivity index (χ0v) is 11.6. The van der Waals surface area contributed by atoms with Gasteiger partial charge in [0, 0.05) is 5.56 Å². The number of aryl methyl sites for hydroxylation is 2. The Hall–Kier alpha value is -1.42. The Morgan fingerprint density at radius 2 is 2.00 bits per heavy atom. The number of hydrogen-bond donors (Lipinski definition) is 0. The molecule has 1 heterocycles. The van der Waals surface area contributed by atoms with E-state index in [9.17, 15) is 4.79 Å². The Balaban J connectivity index is 2.60. The summed E-state index contributed by atoms with van der Waals surface area (Å²) in [4.78, 5) is 10.7. The summed E-state index contributed by atoms with van der Waals surface area (Å²) < 4.78 is 2.92. The monoisotopic (exact) mass is 292 g/mol. The van der Waals surface area contributed by atoms with Gasteiger partial charge in [-0.1, -0.05) is 0 Å². The SMILES string of the molecule is Cc1cc(C=O)ccc1-n1nc(C)c(Br)c1C. The van der Waals surface area contributed by atoms with Gasteiger partial charge >= 0.3 is 0 Å². The number of aromatic nitrogens is 2. The molecule has 0 spiro atoms. The van der Waals surface area contributed by atoms with E-state index in [0.29, 0.717) is 5.56 Å². The second kappa shape index (κ2) is 4.45. The maximum atomic E-state index is 10.7. The van der Waals surface area contributed by atoms with E-state index in [2.05, 4.69) is 21.0 Å². The molecule has 4 heteroatoms. The predicted octanol–water partition coefficient (Wildman–Crippen LogP) is 3.37. The van der Waals surface area contributed by atoms with Crippen molar-refractivity contribution in [1.29, 1.82) is 0 Å². The smallest absolute Gasteiger partial charge is 0.150 e. The molecule has 0 aliphatic heterocycles. The zero-order valence-electron chi connectivity index (χ0n) is 9.99. The molecule has 0 N–H and O–H groups in total. The fourth-order valence-electron chi connectivity index (χ4n) is 1.85. The highest BCUT2D eigenvalue weighted by Crippen LogP contribution is 2.24. The fraction of sp³-hybridized carbons (Fsp3) is 0.231. The predicted molar refractivity (Wildman–Crippen MR) is 70.9 cm³/mol. The first kappa shape index (κ1) is 12.0. The molecule has 88 valence electrons. The van der Waals surface area contributed by atoms with Gasteiger partial charge in [-0.2, -0.15) is 5.10 Å². The van der Waals surface area contributed by atoms with Gasteiger partial charge in [0.2, 0.25) is 0 Å². The van der Waals surface area contributed by atoms with E-state index in [1.165, 1.54) is 0 Å². The number of hydrogen-bond acceptors (Lipinski definition) is 2. The van der Waals surface area contributed by atoms with E-state index in [0.717, 1.165) is 33.4 Å². The molecule has 2 rings (SSSR count). The average molecular weight is 293 g/mol. The van der Waals surface area contributed by atoms with Crippen LogP contribution in [0, 0.1) is 20.8 Å². The highest BCUT2D eigenvalue weighted by atomic mass is 79.9. The van der Waals surface area contributed by atoms with Crippen molar-refractivity contribution in [1.82, 2.24) is 9.78 Å². The number of aldehydes is 1. The molecule has 0 saturated carbocycles. The molecule has 1 aromatic heterocycles. The number of rotatable bonds is 2. The molecular formula is C13H13BrN2O. The standard InChI is InChI=1S/C13H13BrN2O/c1-8-6-11(7-17)4-5-12(8)16-10(3)13(14)9(2)15-16/h4-7H,1-3H3. The number of nitrogens with zero attached hydrogens (tertiary/aromatic N) is 2. The van der Waals surface area contributed by atoms with Crippen molar-refractivity contribution in [2.75, 3.05) is 0 Å². The summed E-state index contributed by atoms with van der Waals surface area (Å²) in [6.07, 6.45) is 0.855. The second-order valence-electron chi connectivity index (χ2n) is 4.06. The Labute approximate surface area is 109 Å². The van der Waals surface area contributed by atoms with E-state index in [1.807, 2.05) is 37.6 Å². The lowest BCUT2D eigenvalue weighted by Gasteiger charge is -2.08. The maximum absolute atomic E-state index is 10.7. The van der Waals surface area contributed by atoms with Gasteiger partial charge in [0.05, 0.1) is 21.5 Å². The molecule has 0 bridgehead atoms. The van der Waals surface area contributed by atoms with Crippen LogP contribution in [-0.2, 0) is 0 Å². The van der Waals surface area contributed by atoms with Crippen LogP contribution in [0.3, 0.4) is 0 Å². The van der Waals surface area contributed by atoms with E-state index in [-0.39, 0.29) is 0 Å². The van der Waals surface area contributed by atoms with Gasteiger partial charge in [-0.15, -0.1) is 0 Å². The molecule has 17 heavy (non-hydrogen) atoms. The normalized spacial score (nSPS) is 10.6. The van der Waals surface area contributed by atoms with Gasteiger partial charge in [0.15, 0.2) is 0 Å². The van der Waals surface area contributed by atoms with E-state index >= 15 is 0 Å². The number of benzene rings is 1. The van der Waals surface area contributed by atoms with Crippen molar-refractivity contribution >= 4 is 22.2 Å². The van der Waals surface area contributed by atoms with E-state index in [4.69, 9.17) is 0 Å². The van der Waals surface area contributed by atoms with Crippen LogP contribution < -0.4 is 0 Å². The summed E-state index contributed by atoms with van der Waals surface area (Å²) in [5, 5.41) is 4.48. The quantitative estimate of drug-likeness (QED) is 0.796. The Morgan fingerprint density at radius 3 is 2.47 bits per heavy atom. The highest BCUT2D eigenvalue weighted by Gasteiger charge is 2.11. The minimum Gasteiger partial charge on any atom is -0.298 e. The van der Waals surface area contributed by atoms with Gasteiger partial charge < -0.3 is 0 Å².